The average molecular weight is 246 g/mol. The van der Waals surface area contributed by atoms with E-state index in [1.54, 1.807) is 0 Å². The maximum absolute atomic E-state index is 12.4. The molecule has 0 aromatic heterocycles. The molecule has 0 aliphatic rings. The van der Waals surface area contributed by atoms with E-state index in [4.69, 9.17) is 5.11 Å². The van der Waals surface area contributed by atoms with Crippen molar-refractivity contribution in [2.75, 3.05) is 7.11 Å². The third kappa shape index (κ3) is 2.99. The maximum Gasteiger partial charge on any atom is 0.416 e. The fourth-order valence-corrected chi connectivity index (χ4v) is 1.22. The molecule has 0 spiro atoms. The SMILES string of the molecule is COC(=O)/C(=C/O)c1cccc(C(F)(F)F)c1. The molecule has 0 unspecified atom stereocenters. The monoisotopic (exact) mass is 246 g/mol. The number of hydrogen-bond acceptors (Lipinski definition) is 3. The standard InChI is InChI=1S/C11H9F3O3/c1-17-10(16)9(6-15)7-3-2-4-8(5-7)11(12,13)14/h2-6,15H,1H3/b9-6+. The number of ether oxygens (including phenoxy) is 1. The fourth-order valence-electron chi connectivity index (χ4n) is 1.22. The molecule has 0 saturated carbocycles. The first kappa shape index (κ1) is 13.1. The van der Waals surface area contributed by atoms with E-state index < -0.39 is 17.7 Å². The molecule has 0 aliphatic heterocycles. The summed E-state index contributed by atoms with van der Waals surface area (Å²) in [4.78, 5) is 11.2. The van der Waals surface area contributed by atoms with Crippen LogP contribution in [0.3, 0.4) is 0 Å². The van der Waals surface area contributed by atoms with E-state index in [-0.39, 0.29) is 11.1 Å². The Labute approximate surface area is 95.1 Å². The summed E-state index contributed by atoms with van der Waals surface area (Å²) in [5, 5.41) is 8.83. The van der Waals surface area contributed by atoms with Crippen LogP contribution in [0.1, 0.15) is 11.1 Å². The van der Waals surface area contributed by atoms with Gasteiger partial charge in [-0.15, -0.1) is 0 Å². The van der Waals surface area contributed by atoms with Gasteiger partial charge < -0.3 is 9.84 Å². The van der Waals surface area contributed by atoms with Crippen LogP contribution in [0.2, 0.25) is 0 Å². The summed E-state index contributed by atoms with van der Waals surface area (Å²) in [6.07, 6.45) is -4.09. The predicted molar refractivity (Wildman–Crippen MR) is 54.1 cm³/mol. The minimum absolute atomic E-state index is 0.0609. The lowest BCUT2D eigenvalue weighted by molar-refractivity contribution is -0.138. The van der Waals surface area contributed by atoms with Crippen LogP contribution in [0.15, 0.2) is 30.5 Å². The van der Waals surface area contributed by atoms with Crippen molar-refractivity contribution in [2.24, 2.45) is 0 Å². The van der Waals surface area contributed by atoms with Crippen molar-refractivity contribution in [3.8, 4) is 0 Å². The molecule has 1 rings (SSSR count). The smallest absolute Gasteiger partial charge is 0.416 e. The van der Waals surface area contributed by atoms with Crippen molar-refractivity contribution >= 4 is 11.5 Å². The molecule has 0 heterocycles. The second kappa shape index (κ2) is 4.90. The second-order valence-electron chi connectivity index (χ2n) is 3.11. The van der Waals surface area contributed by atoms with Gasteiger partial charge in [0, 0.05) is 0 Å². The van der Waals surface area contributed by atoms with Crippen molar-refractivity contribution < 1.29 is 27.8 Å². The molecular weight excluding hydrogens is 237 g/mol. The maximum atomic E-state index is 12.4. The first-order valence-electron chi connectivity index (χ1n) is 4.50. The van der Waals surface area contributed by atoms with Crippen LogP contribution in [-0.2, 0) is 15.7 Å². The number of esters is 1. The molecule has 3 nitrogen and oxygen atoms in total. The topological polar surface area (TPSA) is 46.5 Å². The molecule has 6 heteroatoms. The number of methoxy groups -OCH3 is 1. The number of halogens is 3. The Hall–Kier alpha value is -1.98. The van der Waals surface area contributed by atoms with E-state index in [1.807, 2.05) is 0 Å². The zero-order valence-electron chi connectivity index (χ0n) is 8.78. The molecule has 0 aliphatic carbocycles. The lowest BCUT2D eigenvalue weighted by atomic mass is 10.0. The van der Waals surface area contributed by atoms with Crippen LogP contribution in [0.5, 0.6) is 0 Å². The zero-order valence-corrected chi connectivity index (χ0v) is 8.78. The Balaban J connectivity index is 3.20. The van der Waals surface area contributed by atoms with E-state index in [1.165, 1.54) is 6.07 Å². The van der Waals surface area contributed by atoms with Gasteiger partial charge in [0.15, 0.2) is 0 Å². The van der Waals surface area contributed by atoms with Crippen LogP contribution in [0.25, 0.3) is 5.57 Å². The van der Waals surface area contributed by atoms with Gasteiger partial charge in [-0.05, 0) is 17.7 Å². The number of rotatable bonds is 2. The quantitative estimate of drug-likeness (QED) is 0.496. The minimum Gasteiger partial charge on any atom is -0.515 e. The second-order valence-corrected chi connectivity index (χ2v) is 3.11. The molecule has 0 radical (unpaired) electrons. The summed E-state index contributed by atoms with van der Waals surface area (Å²) in [5.41, 5.74) is -1.30. The molecule has 92 valence electrons. The lowest BCUT2D eigenvalue weighted by Crippen LogP contribution is -2.08. The number of carbonyl (C=O) groups is 1. The number of aliphatic hydroxyl groups excluding tert-OH is 1. The van der Waals surface area contributed by atoms with Gasteiger partial charge in [-0.3, -0.25) is 0 Å². The molecular formula is C11H9F3O3. The van der Waals surface area contributed by atoms with Gasteiger partial charge in [-0.25, -0.2) is 4.79 Å². The van der Waals surface area contributed by atoms with Crippen LogP contribution in [0.4, 0.5) is 13.2 Å². The summed E-state index contributed by atoms with van der Waals surface area (Å²) in [5.74, 6) is -0.910. The van der Waals surface area contributed by atoms with Gasteiger partial charge in [0.2, 0.25) is 0 Å². The van der Waals surface area contributed by atoms with E-state index in [0.29, 0.717) is 6.26 Å². The normalized spacial score (nSPS) is 12.4. The van der Waals surface area contributed by atoms with Gasteiger partial charge in [0.05, 0.1) is 18.9 Å². The average Bonchev–Trinajstić information content (AvgIpc) is 2.29. The Morgan fingerprint density at radius 2 is 2.06 bits per heavy atom. The van der Waals surface area contributed by atoms with Crippen molar-refractivity contribution in [3.05, 3.63) is 41.7 Å². The molecule has 0 fully saturated rings. The Morgan fingerprint density at radius 3 is 2.53 bits per heavy atom. The summed E-state index contributed by atoms with van der Waals surface area (Å²) in [7, 11) is 1.07. The molecule has 1 aromatic carbocycles. The van der Waals surface area contributed by atoms with Crippen LogP contribution in [0, 0.1) is 0 Å². The van der Waals surface area contributed by atoms with Crippen LogP contribution < -0.4 is 0 Å². The minimum atomic E-state index is -4.51. The van der Waals surface area contributed by atoms with Gasteiger partial charge in [-0.2, -0.15) is 13.2 Å². The Kier molecular flexibility index (Phi) is 3.77. The molecule has 1 aromatic rings. The summed E-state index contributed by atoms with van der Waals surface area (Å²) in [6, 6.07) is 4.05. The first-order valence-corrected chi connectivity index (χ1v) is 4.50. The highest BCUT2D eigenvalue weighted by Crippen LogP contribution is 2.31. The van der Waals surface area contributed by atoms with Gasteiger partial charge in [0.25, 0.3) is 0 Å². The predicted octanol–water partition coefficient (Wildman–Crippen LogP) is 2.78. The van der Waals surface area contributed by atoms with Gasteiger partial charge in [0.1, 0.15) is 5.57 Å². The molecule has 0 bridgehead atoms. The fraction of sp³-hybridized carbons (Fsp3) is 0.182. The van der Waals surface area contributed by atoms with Crippen LogP contribution in [-0.4, -0.2) is 18.2 Å². The summed E-state index contributed by atoms with van der Waals surface area (Å²) < 4.78 is 41.6. The van der Waals surface area contributed by atoms with E-state index in [2.05, 4.69) is 4.74 Å². The Morgan fingerprint density at radius 1 is 1.41 bits per heavy atom. The number of alkyl halides is 3. The summed E-state index contributed by atoms with van der Waals surface area (Å²) >= 11 is 0. The highest BCUT2D eigenvalue weighted by Gasteiger charge is 2.31. The summed E-state index contributed by atoms with van der Waals surface area (Å²) in [6.45, 7) is 0. The number of carbonyl (C=O) groups excluding carboxylic acids is 1. The molecule has 0 atom stereocenters. The van der Waals surface area contributed by atoms with Crippen molar-refractivity contribution in [3.63, 3.8) is 0 Å². The highest BCUT2D eigenvalue weighted by atomic mass is 19.4. The molecule has 17 heavy (non-hydrogen) atoms. The molecule has 0 amide bonds. The van der Waals surface area contributed by atoms with Crippen molar-refractivity contribution in [2.45, 2.75) is 6.18 Å². The number of aliphatic hydroxyl groups is 1. The number of hydrogen-bond donors (Lipinski definition) is 1. The van der Waals surface area contributed by atoms with Gasteiger partial charge in [-0.1, -0.05) is 12.1 Å². The zero-order chi connectivity index (χ0) is 13.1. The molecule has 0 saturated heterocycles. The van der Waals surface area contributed by atoms with Crippen LogP contribution >= 0.6 is 0 Å². The largest absolute Gasteiger partial charge is 0.515 e. The molecule has 1 N–H and O–H groups in total. The first-order chi connectivity index (χ1) is 7.90. The van der Waals surface area contributed by atoms with E-state index in [9.17, 15) is 18.0 Å². The third-order valence-electron chi connectivity index (χ3n) is 2.04. The van der Waals surface area contributed by atoms with Gasteiger partial charge >= 0.3 is 12.1 Å². The van der Waals surface area contributed by atoms with Crippen molar-refractivity contribution in [1.29, 1.82) is 0 Å². The highest BCUT2D eigenvalue weighted by molar-refractivity contribution is 6.16. The lowest BCUT2D eigenvalue weighted by Gasteiger charge is -2.09. The van der Waals surface area contributed by atoms with E-state index >= 15 is 0 Å². The van der Waals surface area contributed by atoms with E-state index in [0.717, 1.165) is 25.3 Å². The number of benzene rings is 1. The third-order valence-corrected chi connectivity index (χ3v) is 2.04. The Bertz CT molecular complexity index is 450. The van der Waals surface area contributed by atoms with Crippen molar-refractivity contribution in [1.82, 2.24) is 0 Å².